The third-order valence-corrected chi connectivity index (χ3v) is 20.3. The Kier molecular flexibility index (Phi) is 16.1. The third-order valence-electron chi connectivity index (χ3n) is 20.3. The van der Waals surface area contributed by atoms with E-state index in [9.17, 15) is 75.7 Å². The summed E-state index contributed by atoms with van der Waals surface area (Å²) >= 11 is 0. The van der Waals surface area contributed by atoms with E-state index in [1.807, 2.05) is 0 Å². The average Bonchev–Trinajstić information content (AvgIpc) is 3.33. The topological polar surface area (TPSA) is 359 Å². The molecule has 4 saturated carbocycles. The number of esters is 1. The first-order valence-corrected chi connectivity index (χ1v) is 26.5. The molecule has 3 saturated heterocycles. The molecule has 22 nitrogen and oxygen atoms in total. The largest absolute Gasteiger partial charge is 0.479 e. The van der Waals surface area contributed by atoms with Gasteiger partial charge < -0.3 is 94.4 Å². The number of rotatable bonds is 12. The van der Waals surface area contributed by atoms with Crippen molar-refractivity contribution in [2.24, 2.45) is 50.2 Å². The number of aliphatic hydroxyl groups excluding tert-OH is 10. The Balaban J connectivity index is 1.09. The smallest absolute Gasteiger partial charge is 0.335 e. The van der Waals surface area contributed by atoms with Gasteiger partial charge in [-0.2, -0.15) is 0 Å². The maximum atomic E-state index is 13.8. The second-order valence-corrected chi connectivity index (χ2v) is 25.2. The van der Waals surface area contributed by atoms with Crippen molar-refractivity contribution >= 4 is 17.9 Å². The van der Waals surface area contributed by atoms with Crippen LogP contribution < -0.4 is 0 Å². The number of hydrogen-bond acceptors (Lipinski definition) is 20. The number of carboxylic acid groups (broad SMARTS) is 2. The maximum Gasteiger partial charge on any atom is 0.335 e. The summed E-state index contributed by atoms with van der Waals surface area (Å²) < 4.78 is 41.9. The van der Waals surface area contributed by atoms with Crippen molar-refractivity contribution < 1.29 is 109 Å². The quantitative estimate of drug-likeness (QED) is 0.0540. The van der Waals surface area contributed by atoms with Crippen LogP contribution in [0, 0.1) is 50.2 Å². The minimum atomic E-state index is -2.01. The van der Waals surface area contributed by atoms with Gasteiger partial charge in [-0.15, -0.1) is 0 Å². The highest BCUT2D eigenvalue weighted by Crippen LogP contribution is 2.76. The normalized spacial score (nSPS) is 50.5. The molecule has 3 heterocycles. The van der Waals surface area contributed by atoms with Crippen LogP contribution in [-0.2, 0) is 47.5 Å². The zero-order valence-electron chi connectivity index (χ0n) is 44.3. The van der Waals surface area contributed by atoms with E-state index in [0.717, 1.165) is 5.57 Å². The van der Waals surface area contributed by atoms with Crippen molar-refractivity contribution in [2.45, 2.75) is 224 Å². The van der Waals surface area contributed by atoms with E-state index in [4.69, 9.17) is 33.2 Å². The Labute approximate surface area is 436 Å². The van der Waals surface area contributed by atoms with Crippen molar-refractivity contribution in [1.29, 1.82) is 0 Å². The molecular weight excluding hydrogens is 989 g/mol. The minimum absolute atomic E-state index is 0.0122. The molecule has 0 unspecified atom stereocenters. The molecule has 0 aromatic rings. The molecule has 0 aromatic carbocycles. The zero-order valence-corrected chi connectivity index (χ0v) is 44.3. The molecule has 426 valence electrons. The van der Waals surface area contributed by atoms with Gasteiger partial charge in [-0.3, -0.25) is 0 Å². The van der Waals surface area contributed by atoms with Crippen molar-refractivity contribution in [3.8, 4) is 0 Å². The monoisotopic (exact) mass is 1070 g/mol. The first-order chi connectivity index (χ1) is 34.9. The van der Waals surface area contributed by atoms with Crippen molar-refractivity contribution in [2.75, 3.05) is 13.2 Å². The van der Waals surface area contributed by atoms with Crippen LogP contribution in [0.1, 0.15) is 114 Å². The molecule has 7 fully saturated rings. The molecule has 22 heteroatoms. The first kappa shape index (κ1) is 58.4. The van der Waals surface area contributed by atoms with E-state index in [0.29, 0.717) is 50.5 Å². The number of carbonyl (C=O) groups excluding carboxylic acids is 1. The summed E-state index contributed by atoms with van der Waals surface area (Å²) in [6.45, 7) is 17.3. The predicted molar refractivity (Wildman–Crippen MR) is 257 cm³/mol. The van der Waals surface area contributed by atoms with Crippen molar-refractivity contribution in [3.05, 3.63) is 23.3 Å². The lowest BCUT2D eigenvalue weighted by molar-refractivity contribution is -0.365. The summed E-state index contributed by atoms with van der Waals surface area (Å²) in [5.74, 6) is -4.19. The average molecular weight is 1070 g/mol. The highest BCUT2D eigenvalue weighted by atomic mass is 16.7. The Bertz CT molecular complexity index is 2200. The van der Waals surface area contributed by atoms with Crippen LogP contribution in [0.2, 0.25) is 0 Å². The molecule has 0 amide bonds. The molecule has 0 bridgehead atoms. The van der Waals surface area contributed by atoms with Crippen molar-refractivity contribution in [1.82, 2.24) is 0 Å². The summed E-state index contributed by atoms with van der Waals surface area (Å²) in [6, 6.07) is 0. The molecule has 5 aliphatic carbocycles. The Morgan fingerprint density at radius 1 is 0.680 bits per heavy atom. The Morgan fingerprint density at radius 2 is 1.28 bits per heavy atom. The lowest BCUT2D eigenvalue weighted by atomic mass is 9.33. The second kappa shape index (κ2) is 20.7. The molecule has 0 aromatic heterocycles. The molecular formula is C53H82O22. The van der Waals surface area contributed by atoms with E-state index in [-0.39, 0.29) is 30.3 Å². The van der Waals surface area contributed by atoms with Gasteiger partial charge in [-0.1, -0.05) is 66.2 Å². The maximum absolute atomic E-state index is 13.8. The van der Waals surface area contributed by atoms with Gasteiger partial charge in [0.05, 0.1) is 30.8 Å². The summed E-state index contributed by atoms with van der Waals surface area (Å²) in [5, 5.41) is 129. The van der Waals surface area contributed by atoms with E-state index in [2.05, 4.69) is 54.5 Å². The predicted octanol–water partition coefficient (Wildman–Crippen LogP) is 0.257. The summed E-state index contributed by atoms with van der Waals surface area (Å²) in [5.41, 5.74) is -2.43. The van der Waals surface area contributed by atoms with E-state index in [1.54, 1.807) is 19.9 Å². The standard InChI is InChI=1S/C53H82O22/c1-10-22(2)44(68)71-30-19-48(3,4)17-24-23-11-12-27-50(7)15-14-29(72-47-38(63)39(37(62)41(75-47)43(66)67)73-46-36(61)32(57)31(56)25(20-54)70-46)49(5,6)26(50)13-16-51(27,8)52(23,9)18-28(55)53(24,30)21-69-45-35(60)33(58)34(59)40(74-45)42(64)65/h10-11,24-41,45-47,54-63H,12-21H2,1-9H3,(H,64,65)(H,66,67)/b22-10+/t24-,25+,26-,27+,28-,29-,30-,31+,32-,33-,34-,35+,36+,37-,38+,39-,40-,41-,45+,46-,47+,50-,51+,52+,53-/m0/s1. The molecule has 0 spiro atoms. The number of aliphatic carboxylic acids is 2. The molecule has 8 aliphatic rings. The van der Waals surface area contributed by atoms with Gasteiger partial charge in [0, 0.05) is 5.57 Å². The lowest BCUT2D eigenvalue weighted by Gasteiger charge is -2.72. The molecule has 25 atom stereocenters. The summed E-state index contributed by atoms with van der Waals surface area (Å²) in [4.78, 5) is 38.4. The molecule has 8 rings (SSSR count). The fourth-order valence-electron chi connectivity index (χ4n) is 15.8. The fraction of sp³-hybridized carbons (Fsp3) is 0.868. The third kappa shape index (κ3) is 9.44. The van der Waals surface area contributed by atoms with Crippen LogP contribution in [0.15, 0.2) is 23.3 Å². The fourth-order valence-corrected chi connectivity index (χ4v) is 15.8. The van der Waals surface area contributed by atoms with Gasteiger partial charge in [0.1, 0.15) is 67.1 Å². The lowest BCUT2D eigenvalue weighted by Crippen LogP contribution is -2.70. The van der Waals surface area contributed by atoms with Gasteiger partial charge in [-0.05, 0) is 110 Å². The van der Waals surface area contributed by atoms with Crippen LogP contribution in [0.5, 0.6) is 0 Å². The summed E-state index contributed by atoms with van der Waals surface area (Å²) in [6.07, 6.45) is -22.0. The zero-order chi connectivity index (χ0) is 55.4. The Morgan fingerprint density at radius 3 is 1.91 bits per heavy atom. The van der Waals surface area contributed by atoms with Gasteiger partial charge in [0.15, 0.2) is 31.1 Å². The van der Waals surface area contributed by atoms with Crippen LogP contribution >= 0.6 is 0 Å². The number of fused-ring (bicyclic) bond motifs is 7. The SMILES string of the molecule is C/C=C(\C)C(=O)O[C@H]1CC(C)(C)C[C@H]2C3=CC[C@@H]4[C@@]5(C)CC[C@H](O[C@@H]6O[C@H](C(=O)O)[C@@H](O)[C@H](O[C@@H]7O[C@H](CO)[C@@H](O)[C@H](O)[C@H]7O)[C@H]6O)C(C)(C)[C@@H]5CC[C@@]4(C)[C@]3(C)C[C@H](O)[C@@]12CO[C@@H]1O[C@H](C(=O)O)[C@@H](O)[C@H](O)[C@H]1O. The molecule has 12 N–H and O–H groups in total. The van der Waals surface area contributed by atoms with Gasteiger partial charge >= 0.3 is 17.9 Å². The van der Waals surface area contributed by atoms with Gasteiger partial charge in [0.25, 0.3) is 0 Å². The van der Waals surface area contributed by atoms with Gasteiger partial charge in [-0.25, -0.2) is 14.4 Å². The first-order valence-electron chi connectivity index (χ1n) is 26.5. The second-order valence-electron chi connectivity index (χ2n) is 25.2. The molecule has 3 aliphatic heterocycles. The highest BCUT2D eigenvalue weighted by molar-refractivity contribution is 5.87. The number of carboxylic acids is 2. The van der Waals surface area contributed by atoms with E-state index < -0.39 is 168 Å². The van der Waals surface area contributed by atoms with E-state index in [1.165, 1.54) is 0 Å². The van der Waals surface area contributed by atoms with Crippen molar-refractivity contribution in [3.63, 3.8) is 0 Å². The number of ether oxygens (including phenoxy) is 7. The molecule has 75 heavy (non-hydrogen) atoms. The minimum Gasteiger partial charge on any atom is -0.479 e. The number of hydrogen-bond donors (Lipinski definition) is 12. The molecule has 0 radical (unpaired) electrons. The number of aliphatic hydroxyl groups is 10. The van der Waals surface area contributed by atoms with E-state index >= 15 is 0 Å². The Hall–Kier alpha value is -2.75. The highest BCUT2D eigenvalue weighted by Gasteiger charge is 2.72. The van der Waals surface area contributed by atoms with Crippen LogP contribution in [-0.4, -0.2) is 203 Å². The number of carbonyl (C=O) groups is 3. The van der Waals surface area contributed by atoms with Crippen LogP contribution in [0.4, 0.5) is 0 Å². The summed E-state index contributed by atoms with van der Waals surface area (Å²) in [7, 11) is 0. The number of allylic oxidation sites excluding steroid dienone is 3. The van der Waals surface area contributed by atoms with Crippen LogP contribution in [0.25, 0.3) is 0 Å². The van der Waals surface area contributed by atoms with Crippen LogP contribution in [0.3, 0.4) is 0 Å². The van der Waals surface area contributed by atoms with Gasteiger partial charge in [0.2, 0.25) is 0 Å².